The van der Waals surface area contributed by atoms with Gasteiger partial charge in [-0.1, -0.05) is 13.0 Å². The van der Waals surface area contributed by atoms with Gasteiger partial charge in [-0.05, 0) is 25.1 Å². The van der Waals surface area contributed by atoms with Crippen LogP contribution in [0.4, 0.5) is 0 Å². The van der Waals surface area contributed by atoms with Crippen molar-refractivity contribution >= 4 is 11.8 Å². The van der Waals surface area contributed by atoms with Crippen LogP contribution in [0, 0.1) is 0 Å². The van der Waals surface area contributed by atoms with E-state index in [-0.39, 0.29) is 12.1 Å². The molecule has 1 saturated heterocycles. The van der Waals surface area contributed by atoms with E-state index in [1.54, 1.807) is 14.2 Å². The molecule has 0 spiro atoms. The molecule has 2 unspecified atom stereocenters. The summed E-state index contributed by atoms with van der Waals surface area (Å²) in [7, 11) is 3.40. The highest BCUT2D eigenvalue weighted by molar-refractivity contribution is 7.99. The van der Waals surface area contributed by atoms with Gasteiger partial charge in [0, 0.05) is 11.5 Å². The molecule has 21 heavy (non-hydrogen) atoms. The highest BCUT2D eigenvalue weighted by Crippen LogP contribution is 2.38. The average Bonchev–Trinajstić information content (AvgIpc) is 2.56. The van der Waals surface area contributed by atoms with E-state index < -0.39 is 0 Å². The van der Waals surface area contributed by atoms with Crippen LogP contribution in [-0.4, -0.2) is 45.0 Å². The monoisotopic (exact) mass is 311 g/mol. The fourth-order valence-electron chi connectivity index (χ4n) is 2.60. The summed E-state index contributed by atoms with van der Waals surface area (Å²) in [6.45, 7) is 3.91. The Kier molecular flexibility index (Phi) is 6.67. The highest BCUT2D eigenvalue weighted by Gasteiger charge is 2.30. The number of rotatable bonds is 7. The van der Waals surface area contributed by atoms with Crippen LogP contribution in [0.3, 0.4) is 0 Å². The van der Waals surface area contributed by atoms with Gasteiger partial charge in [0.25, 0.3) is 0 Å². The molecule has 1 fully saturated rings. The van der Waals surface area contributed by atoms with E-state index >= 15 is 0 Å². The van der Waals surface area contributed by atoms with Crippen LogP contribution >= 0.6 is 11.8 Å². The van der Waals surface area contributed by atoms with Gasteiger partial charge < -0.3 is 19.5 Å². The molecule has 1 N–H and O–H groups in total. The van der Waals surface area contributed by atoms with Crippen LogP contribution in [-0.2, 0) is 4.74 Å². The predicted octanol–water partition coefficient (Wildman–Crippen LogP) is 2.88. The van der Waals surface area contributed by atoms with Crippen LogP contribution in [0.15, 0.2) is 18.2 Å². The molecule has 1 aromatic rings. The molecule has 0 bridgehead atoms. The van der Waals surface area contributed by atoms with Crippen molar-refractivity contribution in [2.24, 2.45) is 0 Å². The summed E-state index contributed by atoms with van der Waals surface area (Å²) in [5, 5.41) is 3.61. The second kappa shape index (κ2) is 8.51. The second-order valence-electron chi connectivity index (χ2n) is 4.99. The lowest BCUT2D eigenvalue weighted by Gasteiger charge is -2.32. The van der Waals surface area contributed by atoms with Crippen molar-refractivity contribution in [2.45, 2.75) is 25.5 Å². The Morgan fingerprint density at radius 3 is 2.57 bits per heavy atom. The molecule has 0 aliphatic carbocycles. The maximum absolute atomic E-state index is 6.00. The van der Waals surface area contributed by atoms with Gasteiger partial charge in [0.1, 0.15) is 11.5 Å². The molecular formula is C16H25NO3S. The summed E-state index contributed by atoms with van der Waals surface area (Å²) in [6, 6.07) is 6.00. The zero-order chi connectivity index (χ0) is 15.1. The first-order chi connectivity index (χ1) is 10.3. The Hall–Kier alpha value is -0.910. The summed E-state index contributed by atoms with van der Waals surface area (Å²) in [5.74, 6) is 3.76. The molecule has 1 aliphatic heterocycles. The lowest BCUT2D eigenvalue weighted by atomic mass is 9.99. The smallest absolute Gasteiger partial charge is 0.127 e. The maximum Gasteiger partial charge on any atom is 0.127 e. The predicted molar refractivity (Wildman–Crippen MR) is 87.6 cm³/mol. The van der Waals surface area contributed by atoms with Crippen molar-refractivity contribution < 1.29 is 14.2 Å². The van der Waals surface area contributed by atoms with Gasteiger partial charge in [-0.15, -0.1) is 0 Å². The SMILES string of the molecule is CCCNC(c1c(OC)cccc1OC)C1CSCCO1. The first-order valence-electron chi connectivity index (χ1n) is 7.45. The first-order valence-corrected chi connectivity index (χ1v) is 8.60. The van der Waals surface area contributed by atoms with Crippen molar-refractivity contribution in [3.63, 3.8) is 0 Å². The zero-order valence-electron chi connectivity index (χ0n) is 13.1. The minimum atomic E-state index is 0.0869. The summed E-state index contributed by atoms with van der Waals surface area (Å²) in [5.41, 5.74) is 1.06. The van der Waals surface area contributed by atoms with E-state index in [2.05, 4.69) is 12.2 Å². The number of hydrogen-bond acceptors (Lipinski definition) is 5. The van der Waals surface area contributed by atoms with Crippen LogP contribution in [0.2, 0.25) is 0 Å². The van der Waals surface area contributed by atoms with Crippen LogP contribution in [0.5, 0.6) is 11.5 Å². The number of methoxy groups -OCH3 is 2. The number of nitrogens with one attached hydrogen (secondary N) is 1. The molecule has 1 heterocycles. The zero-order valence-corrected chi connectivity index (χ0v) is 13.9. The number of thioether (sulfide) groups is 1. The largest absolute Gasteiger partial charge is 0.496 e. The molecule has 4 nitrogen and oxygen atoms in total. The highest BCUT2D eigenvalue weighted by atomic mass is 32.2. The Morgan fingerprint density at radius 1 is 1.33 bits per heavy atom. The normalized spacial score (nSPS) is 20.0. The number of ether oxygens (including phenoxy) is 3. The van der Waals surface area contributed by atoms with Gasteiger partial charge in [-0.3, -0.25) is 0 Å². The fraction of sp³-hybridized carbons (Fsp3) is 0.625. The van der Waals surface area contributed by atoms with Crippen molar-refractivity contribution in [1.29, 1.82) is 0 Å². The fourth-order valence-corrected chi connectivity index (χ4v) is 3.51. The molecule has 0 aromatic heterocycles. The van der Waals surface area contributed by atoms with Gasteiger partial charge in [-0.25, -0.2) is 0 Å². The Balaban J connectivity index is 2.34. The summed E-state index contributed by atoms with van der Waals surface area (Å²) in [6.07, 6.45) is 1.22. The molecule has 0 amide bonds. The third-order valence-corrected chi connectivity index (χ3v) is 4.62. The van der Waals surface area contributed by atoms with Gasteiger partial charge in [-0.2, -0.15) is 11.8 Å². The van der Waals surface area contributed by atoms with Gasteiger partial charge in [0.2, 0.25) is 0 Å². The minimum absolute atomic E-state index is 0.0869. The van der Waals surface area contributed by atoms with E-state index in [1.807, 2.05) is 30.0 Å². The molecule has 5 heteroatoms. The molecule has 0 saturated carbocycles. The van der Waals surface area contributed by atoms with Gasteiger partial charge >= 0.3 is 0 Å². The van der Waals surface area contributed by atoms with Crippen molar-refractivity contribution in [3.8, 4) is 11.5 Å². The third-order valence-electron chi connectivity index (χ3n) is 3.60. The molecule has 0 radical (unpaired) electrons. The molecular weight excluding hydrogens is 286 g/mol. The molecule has 1 aromatic carbocycles. The third kappa shape index (κ3) is 4.05. The van der Waals surface area contributed by atoms with Crippen LogP contribution < -0.4 is 14.8 Å². The Bertz CT molecular complexity index is 413. The minimum Gasteiger partial charge on any atom is -0.496 e. The van der Waals surface area contributed by atoms with Gasteiger partial charge in [0.15, 0.2) is 0 Å². The lowest BCUT2D eigenvalue weighted by Crippen LogP contribution is -2.38. The first kappa shape index (κ1) is 16.5. The Morgan fingerprint density at radius 2 is 2.05 bits per heavy atom. The van der Waals surface area contributed by atoms with Crippen molar-refractivity contribution in [1.82, 2.24) is 5.32 Å². The molecule has 118 valence electrons. The molecule has 2 rings (SSSR count). The summed E-state index contributed by atoms with van der Waals surface area (Å²) < 4.78 is 17.1. The lowest BCUT2D eigenvalue weighted by molar-refractivity contribution is 0.0454. The standard InChI is InChI=1S/C16H25NO3S/c1-4-8-17-16(14-11-21-10-9-20-14)15-12(18-2)6-5-7-13(15)19-3/h5-7,14,16-17H,4,8-11H2,1-3H3. The van der Waals surface area contributed by atoms with Crippen LogP contribution in [0.1, 0.15) is 24.9 Å². The summed E-state index contributed by atoms with van der Waals surface area (Å²) >= 11 is 1.94. The molecule has 2 atom stereocenters. The molecule has 1 aliphatic rings. The van der Waals surface area contributed by atoms with E-state index in [9.17, 15) is 0 Å². The van der Waals surface area contributed by atoms with Crippen LogP contribution in [0.25, 0.3) is 0 Å². The number of hydrogen-bond donors (Lipinski definition) is 1. The summed E-state index contributed by atoms with van der Waals surface area (Å²) in [4.78, 5) is 0. The quantitative estimate of drug-likeness (QED) is 0.838. The van der Waals surface area contributed by atoms with E-state index in [1.165, 1.54) is 0 Å². The van der Waals surface area contributed by atoms with E-state index in [4.69, 9.17) is 14.2 Å². The number of benzene rings is 1. The maximum atomic E-state index is 6.00. The Labute approximate surface area is 131 Å². The topological polar surface area (TPSA) is 39.7 Å². The second-order valence-corrected chi connectivity index (χ2v) is 6.14. The van der Waals surface area contributed by atoms with Crippen molar-refractivity contribution in [3.05, 3.63) is 23.8 Å². The van der Waals surface area contributed by atoms with E-state index in [0.717, 1.165) is 48.1 Å². The van der Waals surface area contributed by atoms with E-state index in [0.29, 0.717) is 0 Å². The van der Waals surface area contributed by atoms with Gasteiger partial charge in [0.05, 0.1) is 38.5 Å². The average molecular weight is 311 g/mol. The van der Waals surface area contributed by atoms with Crippen molar-refractivity contribution in [2.75, 3.05) is 38.9 Å².